The number of carbonyl (C=O) groups excluding carboxylic acids is 3. The molecule has 2 atom stereocenters. The molecule has 2 saturated carbocycles. The van der Waals surface area contributed by atoms with E-state index in [0.717, 1.165) is 43.9 Å². The van der Waals surface area contributed by atoms with Crippen LogP contribution in [0.5, 0.6) is 0 Å². The molecule has 0 radical (unpaired) electrons. The second kappa shape index (κ2) is 26.0. The number of aliphatic carboxylic acids is 1. The maximum Gasteiger partial charge on any atom is 0.317 e. The molecule has 2 heterocycles. The third kappa shape index (κ3) is 21.9. The molecule has 0 bridgehead atoms. The molecule has 1 N–H and O–H groups in total. The summed E-state index contributed by atoms with van der Waals surface area (Å²) in [5.41, 5.74) is -1.06. The lowest BCUT2D eigenvalue weighted by Crippen LogP contribution is -2.34. The fraction of sp³-hybridized carbons (Fsp3) is 0.826. The maximum atomic E-state index is 12.5. The minimum atomic E-state index is -0.910. The molecule has 2 aromatic rings. The minimum absolute atomic E-state index is 0.0155. The van der Waals surface area contributed by atoms with Crippen LogP contribution in [0.2, 0.25) is 0 Å². The molecule has 2 fully saturated rings. The van der Waals surface area contributed by atoms with Gasteiger partial charge in [0.1, 0.15) is 11.2 Å². The number of hydrogen-bond acceptors (Lipinski definition) is 14. The van der Waals surface area contributed by atoms with E-state index in [2.05, 4.69) is 20.3 Å². The molecule has 352 valence electrons. The van der Waals surface area contributed by atoms with E-state index < -0.39 is 17.2 Å². The number of carbonyl (C=O) groups is 4. The van der Waals surface area contributed by atoms with Gasteiger partial charge in [0, 0.05) is 25.9 Å². The smallest absolute Gasteiger partial charge is 0.317 e. The molecule has 0 aliphatic heterocycles. The number of carboxylic acid groups (broad SMARTS) is 1. The Kier molecular flexibility index (Phi) is 22.0. The zero-order valence-electron chi connectivity index (χ0n) is 39.7. The van der Waals surface area contributed by atoms with E-state index in [9.17, 15) is 19.2 Å². The topological polar surface area (TPSA) is 195 Å². The molecule has 2 aliphatic carbocycles. The van der Waals surface area contributed by atoms with Crippen LogP contribution in [0.15, 0.2) is 9.05 Å². The predicted molar refractivity (Wildman–Crippen MR) is 235 cm³/mol. The standard InChI is InChI=1S/C24H42N4O4.C22H37N3O5/c1-24(2,3)31-22(30)15-19(14-10-13-18-11-8-7-9-12-18)23-25-20(26-32-23)16-28(6)17-21(29)27(4)5;1-22(2,3)29-20(28)13-17(12-8-11-16-9-6-5-7-10-16)21-23-18(24-30-21)14-25(4)15-19(26)27/h18-19H,7-17H2,1-6H3;16-17H,5-15H2,1-4H3,(H,26,27)/t19-;17-/m11/s1. The lowest BCUT2D eigenvalue weighted by molar-refractivity contribution is -0.156. The summed E-state index contributed by atoms with van der Waals surface area (Å²) >= 11 is 0. The molecule has 1 amide bonds. The highest BCUT2D eigenvalue weighted by molar-refractivity contribution is 5.77. The first-order valence-electron chi connectivity index (χ1n) is 23.0. The second-order valence-electron chi connectivity index (χ2n) is 20.0. The first-order chi connectivity index (χ1) is 29.2. The number of aromatic nitrogens is 4. The van der Waals surface area contributed by atoms with Crippen LogP contribution in [0.1, 0.15) is 192 Å². The van der Waals surface area contributed by atoms with Crippen molar-refractivity contribution >= 4 is 23.8 Å². The molecule has 16 nitrogen and oxygen atoms in total. The van der Waals surface area contributed by atoms with E-state index in [0.29, 0.717) is 30.0 Å². The number of ether oxygens (including phenoxy) is 2. The minimum Gasteiger partial charge on any atom is -0.480 e. The average molecular weight is 874 g/mol. The van der Waals surface area contributed by atoms with Crippen LogP contribution in [-0.2, 0) is 41.7 Å². The summed E-state index contributed by atoms with van der Waals surface area (Å²) in [6.45, 7) is 12.0. The molecule has 62 heavy (non-hydrogen) atoms. The van der Waals surface area contributed by atoms with E-state index in [1.54, 1.807) is 30.9 Å². The Bertz CT molecular complexity index is 1630. The number of rotatable bonds is 22. The van der Waals surface area contributed by atoms with Gasteiger partial charge in [-0.3, -0.25) is 29.0 Å². The number of carboxylic acids is 1. The largest absolute Gasteiger partial charge is 0.480 e. The summed E-state index contributed by atoms with van der Waals surface area (Å²) in [5.74, 6) is 1.71. The molecule has 0 saturated heterocycles. The van der Waals surface area contributed by atoms with Crippen LogP contribution in [0.4, 0.5) is 0 Å². The zero-order valence-corrected chi connectivity index (χ0v) is 39.7. The van der Waals surface area contributed by atoms with Gasteiger partial charge in [0.25, 0.3) is 0 Å². The molecule has 0 spiro atoms. The summed E-state index contributed by atoms with van der Waals surface area (Å²) in [7, 11) is 7.00. The van der Waals surface area contributed by atoms with Crippen molar-refractivity contribution in [1.82, 2.24) is 35.0 Å². The van der Waals surface area contributed by atoms with E-state index >= 15 is 0 Å². The van der Waals surface area contributed by atoms with Gasteiger partial charge < -0.3 is 28.5 Å². The van der Waals surface area contributed by atoms with Gasteiger partial charge in [0.15, 0.2) is 11.6 Å². The van der Waals surface area contributed by atoms with Gasteiger partial charge in [-0.1, -0.05) is 100 Å². The van der Waals surface area contributed by atoms with Gasteiger partial charge in [0.05, 0.1) is 39.0 Å². The van der Waals surface area contributed by atoms with E-state index in [1.165, 1.54) is 70.6 Å². The monoisotopic (exact) mass is 874 g/mol. The number of esters is 2. The quantitative estimate of drug-likeness (QED) is 0.111. The van der Waals surface area contributed by atoms with Gasteiger partial charge in [-0.2, -0.15) is 9.97 Å². The molecule has 16 heteroatoms. The highest BCUT2D eigenvalue weighted by atomic mass is 16.6. The normalized spacial score (nSPS) is 16.4. The van der Waals surface area contributed by atoms with Gasteiger partial charge >= 0.3 is 17.9 Å². The Labute approximate surface area is 370 Å². The van der Waals surface area contributed by atoms with Crippen LogP contribution in [0.25, 0.3) is 0 Å². The summed E-state index contributed by atoms with van der Waals surface area (Å²) in [6, 6.07) is 0. The third-order valence-electron chi connectivity index (χ3n) is 11.2. The SMILES string of the molecule is CN(CC(=O)N(C)C)Cc1noc([C@H](CCCC2CCCCC2)CC(=O)OC(C)(C)C)n1.CN(CC(=O)O)Cc1noc([C@H](CCCC2CCCCC2)CC(=O)OC(C)(C)C)n1. The molecule has 0 aromatic carbocycles. The van der Waals surface area contributed by atoms with Crippen molar-refractivity contribution in [3.63, 3.8) is 0 Å². The zero-order chi connectivity index (χ0) is 45.9. The molecule has 0 unspecified atom stereocenters. The van der Waals surface area contributed by atoms with Crippen molar-refractivity contribution in [3.05, 3.63) is 23.4 Å². The Morgan fingerprint density at radius 1 is 0.645 bits per heavy atom. The molecule has 4 rings (SSSR count). The van der Waals surface area contributed by atoms with E-state index in [-0.39, 0.29) is 62.2 Å². The number of hydrogen-bond donors (Lipinski definition) is 1. The fourth-order valence-electron chi connectivity index (χ4n) is 8.24. The van der Waals surface area contributed by atoms with E-state index in [1.807, 2.05) is 53.5 Å². The van der Waals surface area contributed by atoms with E-state index in [4.69, 9.17) is 23.6 Å². The lowest BCUT2D eigenvalue weighted by atomic mass is 9.84. The van der Waals surface area contributed by atoms with Crippen molar-refractivity contribution in [2.45, 2.75) is 193 Å². The summed E-state index contributed by atoms with van der Waals surface area (Å²) < 4.78 is 22.1. The maximum absolute atomic E-state index is 12.5. The summed E-state index contributed by atoms with van der Waals surface area (Å²) in [4.78, 5) is 61.7. The lowest BCUT2D eigenvalue weighted by Gasteiger charge is -2.23. The van der Waals surface area contributed by atoms with Gasteiger partial charge in [-0.25, -0.2) is 0 Å². The first-order valence-corrected chi connectivity index (χ1v) is 23.0. The van der Waals surface area contributed by atoms with Gasteiger partial charge in [-0.05, 0) is 80.3 Å². The Morgan fingerprint density at radius 3 is 1.39 bits per heavy atom. The second-order valence-corrected chi connectivity index (χ2v) is 20.0. The molecule has 2 aliphatic rings. The van der Waals surface area contributed by atoms with Gasteiger partial charge in [-0.15, -0.1) is 0 Å². The molecular formula is C46H79N7O9. The summed E-state index contributed by atoms with van der Waals surface area (Å²) in [6.07, 6.45) is 19.7. The number of likely N-dealkylation sites (N-methyl/N-ethyl adjacent to an activating group) is 3. The van der Waals surface area contributed by atoms with Crippen molar-refractivity contribution in [1.29, 1.82) is 0 Å². The molecule has 2 aromatic heterocycles. The molecular weight excluding hydrogens is 795 g/mol. The van der Waals surface area contributed by atoms with Crippen LogP contribution < -0.4 is 0 Å². The highest BCUT2D eigenvalue weighted by Gasteiger charge is 2.28. The Balaban J connectivity index is 0.000000331. The number of nitrogens with zero attached hydrogens (tertiary/aromatic N) is 7. The third-order valence-corrected chi connectivity index (χ3v) is 11.2. The highest BCUT2D eigenvalue weighted by Crippen LogP contribution is 2.33. The number of amides is 1. The Morgan fingerprint density at radius 2 is 1.03 bits per heavy atom. The summed E-state index contributed by atoms with van der Waals surface area (Å²) in [5, 5.41) is 17.0. The van der Waals surface area contributed by atoms with Crippen molar-refractivity contribution in [2.24, 2.45) is 11.8 Å². The first kappa shape index (κ1) is 52.4. The average Bonchev–Trinajstić information content (AvgIpc) is 3.83. The van der Waals surface area contributed by atoms with Crippen LogP contribution in [0, 0.1) is 11.8 Å². The van der Waals surface area contributed by atoms with Crippen LogP contribution in [-0.4, -0.2) is 116 Å². The van der Waals surface area contributed by atoms with Crippen molar-refractivity contribution in [3.8, 4) is 0 Å². The predicted octanol–water partition coefficient (Wildman–Crippen LogP) is 8.31. The fourth-order valence-corrected chi connectivity index (χ4v) is 8.24. The van der Waals surface area contributed by atoms with Crippen LogP contribution in [0.3, 0.4) is 0 Å². The van der Waals surface area contributed by atoms with Crippen molar-refractivity contribution in [2.75, 3.05) is 41.3 Å². The van der Waals surface area contributed by atoms with Crippen LogP contribution >= 0.6 is 0 Å². The Hall–Kier alpha value is -3.92. The van der Waals surface area contributed by atoms with Crippen molar-refractivity contribution < 1.29 is 42.8 Å². The van der Waals surface area contributed by atoms with Gasteiger partial charge in [0.2, 0.25) is 17.7 Å².